The van der Waals surface area contributed by atoms with E-state index < -0.39 is 0 Å². The number of hydrogen-bond acceptors (Lipinski definition) is 4. The molecule has 2 heterocycles. The first kappa shape index (κ1) is 12.8. The molecule has 1 aromatic heterocycles. The van der Waals surface area contributed by atoms with Gasteiger partial charge >= 0.3 is 0 Å². The Bertz CT molecular complexity index is 532. The average molecular weight is 274 g/mol. The number of aromatic nitrogens is 1. The van der Waals surface area contributed by atoms with E-state index in [4.69, 9.17) is 15.5 Å². The van der Waals surface area contributed by atoms with Crippen molar-refractivity contribution in [3.8, 4) is 10.6 Å². The van der Waals surface area contributed by atoms with Crippen LogP contribution in [0.1, 0.15) is 18.5 Å². The van der Waals surface area contributed by atoms with E-state index >= 15 is 0 Å². The third-order valence-corrected chi connectivity index (χ3v) is 4.80. The first-order valence-electron chi connectivity index (χ1n) is 6.63. The van der Waals surface area contributed by atoms with Gasteiger partial charge in [-0.25, -0.2) is 4.98 Å². The normalized spacial score (nSPS) is 18.4. The number of rotatable bonds is 3. The first-order valence-corrected chi connectivity index (χ1v) is 7.51. The molecule has 2 aromatic rings. The molecule has 0 atom stereocenters. The van der Waals surface area contributed by atoms with E-state index in [1.807, 2.05) is 18.2 Å². The molecule has 0 aliphatic carbocycles. The van der Waals surface area contributed by atoms with Crippen LogP contribution in [-0.2, 0) is 10.2 Å². The van der Waals surface area contributed by atoms with Crippen molar-refractivity contribution in [1.29, 1.82) is 0 Å². The Hall–Kier alpha value is -1.23. The van der Waals surface area contributed by atoms with Gasteiger partial charge in [0.25, 0.3) is 0 Å². The third-order valence-electron chi connectivity index (χ3n) is 3.91. The Labute approximate surface area is 117 Å². The van der Waals surface area contributed by atoms with Crippen LogP contribution in [0.4, 0.5) is 0 Å². The van der Waals surface area contributed by atoms with E-state index in [-0.39, 0.29) is 5.41 Å². The van der Waals surface area contributed by atoms with Gasteiger partial charge in [0.2, 0.25) is 0 Å². The Kier molecular flexibility index (Phi) is 3.64. The molecule has 100 valence electrons. The summed E-state index contributed by atoms with van der Waals surface area (Å²) in [5.41, 5.74) is 8.36. The van der Waals surface area contributed by atoms with Crippen molar-refractivity contribution < 1.29 is 4.74 Å². The first-order chi connectivity index (χ1) is 9.34. The molecule has 2 N–H and O–H groups in total. The van der Waals surface area contributed by atoms with Crippen LogP contribution in [0.2, 0.25) is 0 Å². The van der Waals surface area contributed by atoms with Crippen LogP contribution >= 0.6 is 11.3 Å². The monoisotopic (exact) mass is 274 g/mol. The Morgan fingerprint density at radius 3 is 2.63 bits per heavy atom. The van der Waals surface area contributed by atoms with Gasteiger partial charge in [0, 0.05) is 36.1 Å². The molecule has 1 fully saturated rings. The molecular formula is C15H18N2OS. The summed E-state index contributed by atoms with van der Waals surface area (Å²) in [6.07, 6.45) is 1.95. The van der Waals surface area contributed by atoms with Gasteiger partial charge in [0.05, 0.1) is 5.69 Å². The lowest BCUT2D eigenvalue weighted by molar-refractivity contribution is 0.0517. The predicted molar refractivity (Wildman–Crippen MR) is 78.3 cm³/mol. The minimum absolute atomic E-state index is 0.0157. The number of nitrogens with zero attached hydrogens (tertiary/aromatic N) is 1. The summed E-state index contributed by atoms with van der Waals surface area (Å²) in [6, 6.07) is 10.3. The zero-order valence-corrected chi connectivity index (χ0v) is 11.7. The largest absolute Gasteiger partial charge is 0.381 e. The molecule has 1 saturated heterocycles. The number of benzene rings is 1. The molecule has 0 radical (unpaired) electrons. The highest BCUT2D eigenvalue weighted by molar-refractivity contribution is 7.13. The molecule has 0 saturated carbocycles. The van der Waals surface area contributed by atoms with Gasteiger partial charge in [-0.3, -0.25) is 0 Å². The molecule has 4 heteroatoms. The quantitative estimate of drug-likeness (QED) is 0.936. The zero-order valence-electron chi connectivity index (χ0n) is 10.8. The van der Waals surface area contributed by atoms with Crippen molar-refractivity contribution in [3.63, 3.8) is 0 Å². The number of ether oxygens (including phenoxy) is 1. The maximum absolute atomic E-state index is 6.03. The number of nitrogens with two attached hydrogens (primary N) is 1. The van der Waals surface area contributed by atoms with E-state index in [9.17, 15) is 0 Å². The van der Waals surface area contributed by atoms with Gasteiger partial charge in [0.1, 0.15) is 5.01 Å². The van der Waals surface area contributed by atoms with Gasteiger partial charge in [0.15, 0.2) is 0 Å². The lowest BCUT2D eigenvalue weighted by Gasteiger charge is -2.34. The van der Waals surface area contributed by atoms with Crippen molar-refractivity contribution in [2.45, 2.75) is 18.3 Å². The van der Waals surface area contributed by atoms with Gasteiger partial charge in [-0.15, -0.1) is 11.3 Å². The number of hydrogen-bond donors (Lipinski definition) is 1. The summed E-state index contributed by atoms with van der Waals surface area (Å²) in [4.78, 5) is 4.83. The highest BCUT2D eigenvalue weighted by Crippen LogP contribution is 2.36. The average Bonchev–Trinajstić information content (AvgIpc) is 2.99. The second-order valence-corrected chi connectivity index (χ2v) is 5.86. The molecule has 19 heavy (non-hydrogen) atoms. The molecule has 1 aromatic carbocycles. The Balaban J connectivity index is 1.92. The van der Waals surface area contributed by atoms with Crippen LogP contribution in [0.15, 0.2) is 35.7 Å². The summed E-state index contributed by atoms with van der Waals surface area (Å²) in [6.45, 7) is 2.22. The van der Waals surface area contributed by atoms with E-state index in [2.05, 4.69) is 17.5 Å². The zero-order chi connectivity index (χ0) is 13.1. The summed E-state index contributed by atoms with van der Waals surface area (Å²) in [5.74, 6) is 0. The number of thiazole rings is 1. The Morgan fingerprint density at radius 2 is 1.95 bits per heavy atom. The minimum Gasteiger partial charge on any atom is -0.381 e. The van der Waals surface area contributed by atoms with Crippen molar-refractivity contribution in [1.82, 2.24) is 4.98 Å². The maximum atomic E-state index is 6.03. The molecule has 1 aliphatic rings. The van der Waals surface area contributed by atoms with Crippen LogP contribution < -0.4 is 5.73 Å². The fourth-order valence-corrected chi connectivity index (χ4v) is 3.51. The highest BCUT2D eigenvalue weighted by Gasteiger charge is 2.35. The van der Waals surface area contributed by atoms with Crippen molar-refractivity contribution >= 4 is 11.3 Å². The molecule has 0 unspecified atom stereocenters. The van der Waals surface area contributed by atoms with Crippen molar-refractivity contribution in [2.75, 3.05) is 19.8 Å². The molecule has 3 nitrogen and oxygen atoms in total. The van der Waals surface area contributed by atoms with Gasteiger partial charge in [-0.05, 0) is 12.8 Å². The van der Waals surface area contributed by atoms with Gasteiger partial charge in [-0.1, -0.05) is 30.3 Å². The fraction of sp³-hybridized carbons (Fsp3) is 0.400. The standard InChI is InChI=1S/C15H18N2OS/c16-11-15(6-8-18-9-7-15)13-10-19-14(17-13)12-4-2-1-3-5-12/h1-5,10H,6-9,11,16H2. The third kappa shape index (κ3) is 2.43. The van der Waals surface area contributed by atoms with E-state index in [0.29, 0.717) is 6.54 Å². The SMILES string of the molecule is NCC1(c2csc(-c3ccccc3)n2)CCOCC1. The van der Waals surface area contributed by atoms with Gasteiger partial charge in [-0.2, -0.15) is 0 Å². The van der Waals surface area contributed by atoms with E-state index in [1.54, 1.807) is 11.3 Å². The Morgan fingerprint density at radius 1 is 1.21 bits per heavy atom. The van der Waals surface area contributed by atoms with Crippen LogP contribution in [0.5, 0.6) is 0 Å². The second-order valence-electron chi connectivity index (χ2n) is 5.00. The van der Waals surface area contributed by atoms with E-state index in [0.717, 1.165) is 36.8 Å². The predicted octanol–water partition coefficient (Wildman–Crippen LogP) is 2.82. The lowest BCUT2D eigenvalue weighted by atomic mass is 9.78. The van der Waals surface area contributed by atoms with Crippen LogP contribution in [0.25, 0.3) is 10.6 Å². The molecule has 1 aliphatic heterocycles. The smallest absolute Gasteiger partial charge is 0.123 e. The maximum Gasteiger partial charge on any atom is 0.123 e. The summed E-state index contributed by atoms with van der Waals surface area (Å²) in [7, 11) is 0. The summed E-state index contributed by atoms with van der Waals surface area (Å²) >= 11 is 1.70. The molecule has 0 spiro atoms. The van der Waals surface area contributed by atoms with Crippen LogP contribution in [0, 0.1) is 0 Å². The lowest BCUT2D eigenvalue weighted by Crippen LogP contribution is -2.40. The fourth-order valence-electron chi connectivity index (χ4n) is 2.56. The molecule has 3 rings (SSSR count). The molecular weight excluding hydrogens is 256 g/mol. The summed E-state index contributed by atoms with van der Waals surface area (Å²) < 4.78 is 5.46. The molecule has 0 bridgehead atoms. The summed E-state index contributed by atoms with van der Waals surface area (Å²) in [5, 5.41) is 3.25. The van der Waals surface area contributed by atoms with E-state index in [1.165, 1.54) is 5.56 Å². The second kappa shape index (κ2) is 5.41. The van der Waals surface area contributed by atoms with Crippen LogP contribution in [-0.4, -0.2) is 24.7 Å². The van der Waals surface area contributed by atoms with Gasteiger partial charge < -0.3 is 10.5 Å². The van der Waals surface area contributed by atoms with Crippen molar-refractivity contribution in [3.05, 3.63) is 41.4 Å². The minimum atomic E-state index is 0.0157. The van der Waals surface area contributed by atoms with Crippen molar-refractivity contribution in [2.24, 2.45) is 5.73 Å². The highest BCUT2D eigenvalue weighted by atomic mass is 32.1. The molecule has 0 amide bonds. The van der Waals surface area contributed by atoms with Crippen LogP contribution in [0.3, 0.4) is 0 Å². The topological polar surface area (TPSA) is 48.1 Å².